The summed E-state index contributed by atoms with van der Waals surface area (Å²) in [5.74, 6) is -0.841. The van der Waals surface area contributed by atoms with Crippen molar-refractivity contribution >= 4 is 0 Å². The Bertz CT molecular complexity index is 260. The summed E-state index contributed by atoms with van der Waals surface area (Å²) >= 11 is 0. The van der Waals surface area contributed by atoms with Crippen molar-refractivity contribution in [2.75, 3.05) is 46.5 Å². The van der Waals surface area contributed by atoms with E-state index in [1.165, 1.54) is 0 Å². The van der Waals surface area contributed by atoms with Gasteiger partial charge in [-0.05, 0) is 7.05 Å². The maximum Gasteiger partial charge on any atom is 0.300 e. The van der Waals surface area contributed by atoms with Crippen LogP contribution in [0.3, 0.4) is 0 Å². The van der Waals surface area contributed by atoms with E-state index in [1.54, 1.807) is 0 Å². The number of likely N-dealkylation sites (N-methyl/N-ethyl adjacent to an activating group) is 1. The van der Waals surface area contributed by atoms with Crippen LogP contribution in [-0.4, -0.2) is 63.4 Å². The smallest absolute Gasteiger partial charge is 0.300 e. The van der Waals surface area contributed by atoms with Gasteiger partial charge in [0.25, 0.3) is 0 Å². The molecule has 2 bridgehead atoms. The minimum Gasteiger partial charge on any atom is -0.325 e. The molecule has 1 N–H and O–H groups in total. The SMILES string of the molecule is CN1CCNC(C23OCC(C)(CO2)CO3)C1. The molecule has 0 aromatic carbocycles. The highest BCUT2D eigenvalue weighted by molar-refractivity contribution is 4.93. The molecule has 0 aromatic heterocycles. The van der Waals surface area contributed by atoms with Gasteiger partial charge in [-0.25, -0.2) is 0 Å². The normalized spacial score (nSPS) is 49.5. The first-order chi connectivity index (χ1) is 7.62. The van der Waals surface area contributed by atoms with Gasteiger partial charge >= 0.3 is 5.97 Å². The summed E-state index contributed by atoms with van der Waals surface area (Å²) in [5, 5.41) is 3.43. The Balaban J connectivity index is 1.74. The molecular weight excluding hydrogens is 208 g/mol. The highest BCUT2D eigenvalue weighted by Gasteiger charge is 2.55. The average molecular weight is 228 g/mol. The monoisotopic (exact) mass is 228 g/mol. The number of ether oxygens (including phenoxy) is 3. The van der Waals surface area contributed by atoms with Gasteiger partial charge in [0, 0.05) is 25.0 Å². The van der Waals surface area contributed by atoms with Crippen molar-refractivity contribution in [1.29, 1.82) is 0 Å². The third-order valence-electron chi connectivity index (χ3n) is 3.67. The Morgan fingerprint density at radius 2 is 1.81 bits per heavy atom. The van der Waals surface area contributed by atoms with Gasteiger partial charge in [0.05, 0.1) is 19.8 Å². The zero-order chi connectivity index (χ0) is 11.2. The van der Waals surface area contributed by atoms with Gasteiger partial charge < -0.3 is 24.4 Å². The molecule has 4 aliphatic heterocycles. The van der Waals surface area contributed by atoms with Gasteiger partial charge in [-0.1, -0.05) is 6.92 Å². The number of hydrogen-bond donors (Lipinski definition) is 1. The van der Waals surface area contributed by atoms with Crippen molar-refractivity contribution in [3.8, 4) is 0 Å². The number of piperazine rings is 1. The number of rotatable bonds is 1. The molecule has 0 spiro atoms. The lowest BCUT2D eigenvalue weighted by Crippen LogP contribution is -2.70. The van der Waals surface area contributed by atoms with E-state index < -0.39 is 5.97 Å². The van der Waals surface area contributed by atoms with Crippen LogP contribution in [0.2, 0.25) is 0 Å². The molecule has 92 valence electrons. The second kappa shape index (κ2) is 3.65. The van der Waals surface area contributed by atoms with Gasteiger partial charge in [0.2, 0.25) is 0 Å². The van der Waals surface area contributed by atoms with Crippen LogP contribution in [0.5, 0.6) is 0 Å². The minimum atomic E-state index is -0.841. The topological polar surface area (TPSA) is 43.0 Å². The third-order valence-corrected chi connectivity index (χ3v) is 3.67. The van der Waals surface area contributed by atoms with Crippen molar-refractivity contribution in [2.24, 2.45) is 5.41 Å². The Morgan fingerprint density at radius 1 is 1.19 bits per heavy atom. The van der Waals surface area contributed by atoms with Crippen LogP contribution in [0.1, 0.15) is 6.92 Å². The van der Waals surface area contributed by atoms with E-state index in [-0.39, 0.29) is 11.5 Å². The van der Waals surface area contributed by atoms with E-state index >= 15 is 0 Å². The predicted octanol–water partition coefficient (Wildman–Crippen LogP) is -0.373. The molecule has 1 unspecified atom stereocenters. The third kappa shape index (κ3) is 1.67. The summed E-state index contributed by atoms with van der Waals surface area (Å²) in [6.07, 6.45) is 0. The van der Waals surface area contributed by atoms with E-state index in [9.17, 15) is 0 Å². The van der Waals surface area contributed by atoms with Crippen LogP contribution < -0.4 is 5.32 Å². The van der Waals surface area contributed by atoms with Crippen molar-refractivity contribution in [2.45, 2.75) is 18.9 Å². The van der Waals surface area contributed by atoms with Gasteiger partial charge in [0.1, 0.15) is 6.04 Å². The fourth-order valence-corrected chi connectivity index (χ4v) is 2.51. The van der Waals surface area contributed by atoms with Gasteiger partial charge in [-0.2, -0.15) is 0 Å². The molecule has 0 aromatic rings. The average Bonchev–Trinajstić information content (AvgIpc) is 2.30. The van der Waals surface area contributed by atoms with Gasteiger partial charge in [-0.3, -0.25) is 0 Å². The highest BCUT2D eigenvalue weighted by Crippen LogP contribution is 2.40. The van der Waals surface area contributed by atoms with Crippen LogP contribution in [0.25, 0.3) is 0 Å². The number of nitrogens with zero attached hydrogens (tertiary/aromatic N) is 1. The second-order valence-electron chi connectivity index (χ2n) is 5.55. The van der Waals surface area contributed by atoms with E-state index in [1.807, 2.05) is 0 Å². The highest BCUT2D eigenvalue weighted by atomic mass is 16.9. The Kier molecular flexibility index (Phi) is 2.49. The molecule has 4 rings (SSSR count). The molecule has 4 fully saturated rings. The zero-order valence-electron chi connectivity index (χ0n) is 9.99. The van der Waals surface area contributed by atoms with Crippen LogP contribution >= 0.6 is 0 Å². The minimum absolute atomic E-state index is 0.0440. The predicted molar refractivity (Wildman–Crippen MR) is 58.0 cm³/mol. The zero-order valence-corrected chi connectivity index (χ0v) is 9.99. The first-order valence-electron chi connectivity index (χ1n) is 5.96. The Morgan fingerprint density at radius 3 is 2.38 bits per heavy atom. The Labute approximate surface area is 96.0 Å². The van der Waals surface area contributed by atoms with Crippen LogP contribution in [0.15, 0.2) is 0 Å². The summed E-state index contributed by atoms with van der Waals surface area (Å²) in [7, 11) is 2.11. The summed E-state index contributed by atoms with van der Waals surface area (Å²) in [4.78, 5) is 2.27. The molecular formula is C11H20N2O3. The summed E-state index contributed by atoms with van der Waals surface area (Å²) in [5.41, 5.74) is 0.0440. The van der Waals surface area contributed by atoms with Crippen LogP contribution in [0.4, 0.5) is 0 Å². The van der Waals surface area contributed by atoms with Gasteiger partial charge in [0.15, 0.2) is 0 Å². The molecule has 0 radical (unpaired) electrons. The molecule has 5 heteroatoms. The second-order valence-corrected chi connectivity index (χ2v) is 5.55. The molecule has 0 aliphatic carbocycles. The maximum absolute atomic E-state index is 5.82. The van der Waals surface area contributed by atoms with E-state index in [4.69, 9.17) is 14.2 Å². The summed E-state index contributed by atoms with van der Waals surface area (Å²) in [6.45, 7) is 7.24. The first kappa shape index (κ1) is 10.9. The van der Waals surface area contributed by atoms with Crippen molar-refractivity contribution in [3.05, 3.63) is 0 Å². The number of hydrogen-bond acceptors (Lipinski definition) is 5. The van der Waals surface area contributed by atoms with Crippen LogP contribution in [0, 0.1) is 5.41 Å². The number of fused-ring (bicyclic) bond motifs is 3. The Hall–Kier alpha value is -0.200. The lowest BCUT2D eigenvalue weighted by Gasteiger charge is -2.54. The molecule has 16 heavy (non-hydrogen) atoms. The van der Waals surface area contributed by atoms with E-state index in [2.05, 4.69) is 24.2 Å². The van der Waals surface area contributed by atoms with Crippen molar-refractivity contribution < 1.29 is 14.2 Å². The quantitative estimate of drug-likeness (QED) is 0.663. The van der Waals surface area contributed by atoms with E-state index in [0.717, 1.165) is 39.5 Å². The van der Waals surface area contributed by atoms with Gasteiger partial charge in [-0.15, -0.1) is 0 Å². The standard InChI is InChI=1S/C11H20N2O3/c1-10-6-14-11(15-7-10,16-8-10)9-5-13(2)4-3-12-9/h9,12H,3-8H2,1-2H3. The maximum atomic E-state index is 5.82. The summed E-state index contributed by atoms with van der Waals surface area (Å²) in [6, 6.07) is 0.107. The first-order valence-corrected chi connectivity index (χ1v) is 5.96. The van der Waals surface area contributed by atoms with Crippen LogP contribution in [-0.2, 0) is 14.2 Å². The van der Waals surface area contributed by atoms with Crippen molar-refractivity contribution in [3.63, 3.8) is 0 Å². The van der Waals surface area contributed by atoms with Crippen molar-refractivity contribution in [1.82, 2.24) is 10.2 Å². The molecule has 1 atom stereocenters. The molecule has 5 nitrogen and oxygen atoms in total. The fourth-order valence-electron chi connectivity index (χ4n) is 2.51. The number of nitrogens with one attached hydrogen (secondary N) is 1. The summed E-state index contributed by atoms with van der Waals surface area (Å²) < 4.78 is 17.5. The largest absolute Gasteiger partial charge is 0.325 e. The lowest BCUT2D eigenvalue weighted by atomic mass is 9.91. The molecule has 0 amide bonds. The molecule has 0 saturated carbocycles. The lowest BCUT2D eigenvalue weighted by molar-refractivity contribution is -0.475. The van der Waals surface area contributed by atoms with E-state index in [0.29, 0.717) is 0 Å². The molecule has 4 aliphatic rings. The fraction of sp³-hybridized carbons (Fsp3) is 1.00. The molecule has 4 saturated heterocycles. The molecule has 4 heterocycles.